The Morgan fingerprint density at radius 3 is 2.70 bits per heavy atom. The molecule has 1 N–H and O–H groups in total. The summed E-state index contributed by atoms with van der Waals surface area (Å²) >= 11 is 1.32. The predicted molar refractivity (Wildman–Crippen MR) is 102 cm³/mol. The molecule has 140 valence electrons. The number of ether oxygens (including phenoxy) is 2. The summed E-state index contributed by atoms with van der Waals surface area (Å²) in [5.41, 5.74) is 1.45. The fraction of sp³-hybridized carbons (Fsp3) is 0.222. The zero-order chi connectivity index (χ0) is 19.0. The van der Waals surface area contributed by atoms with Crippen LogP contribution in [0.4, 0.5) is 5.13 Å². The first kappa shape index (κ1) is 17.7. The molecule has 2 aromatic carbocycles. The monoisotopic (exact) mass is 404 g/mol. The van der Waals surface area contributed by atoms with Crippen molar-refractivity contribution in [1.82, 2.24) is 4.98 Å². The number of nitrogens with one attached hydrogen (secondary N) is 1. The third-order valence-electron chi connectivity index (χ3n) is 4.17. The van der Waals surface area contributed by atoms with E-state index in [-0.39, 0.29) is 29.8 Å². The van der Waals surface area contributed by atoms with Crippen LogP contribution in [0.15, 0.2) is 41.3 Å². The summed E-state index contributed by atoms with van der Waals surface area (Å²) in [5.74, 6) is 1.14. The van der Waals surface area contributed by atoms with Crippen molar-refractivity contribution >= 4 is 42.4 Å². The number of carbonyl (C=O) groups excluding carboxylic acids is 1. The van der Waals surface area contributed by atoms with E-state index in [9.17, 15) is 13.2 Å². The summed E-state index contributed by atoms with van der Waals surface area (Å²) in [5, 5.41) is 3.26. The highest BCUT2D eigenvalue weighted by Gasteiger charge is 2.20. The Hall–Kier alpha value is -2.65. The quantitative estimate of drug-likeness (QED) is 0.702. The molecule has 27 heavy (non-hydrogen) atoms. The molecule has 0 saturated carbocycles. The Bertz CT molecular complexity index is 1120. The van der Waals surface area contributed by atoms with Crippen LogP contribution in [0.5, 0.6) is 11.5 Å². The zero-order valence-electron chi connectivity index (χ0n) is 14.4. The molecule has 0 bridgehead atoms. The molecule has 1 aromatic heterocycles. The van der Waals surface area contributed by atoms with Gasteiger partial charge in [-0.15, -0.1) is 0 Å². The van der Waals surface area contributed by atoms with Crippen LogP contribution in [0.3, 0.4) is 0 Å². The Balaban J connectivity index is 1.47. The number of amides is 1. The molecule has 1 aliphatic rings. The normalized spacial score (nSPS) is 13.1. The number of hydrogen-bond donors (Lipinski definition) is 1. The van der Waals surface area contributed by atoms with E-state index >= 15 is 0 Å². The second-order valence-electron chi connectivity index (χ2n) is 5.94. The molecule has 1 amide bonds. The summed E-state index contributed by atoms with van der Waals surface area (Å²) in [7, 11) is -3.24. The average molecular weight is 404 g/mol. The Labute approximate surface area is 159 Å². The standard InChI is InChI=1S/C18H16N2O5S2/c1-2-27(22,23)12-5-3-11(4-6-12)9-15(21)20-18-19-13-7-8-14-16(17(13)26-18)25-10-24-14/h3-8H,2,9-10H2,1H3,(H,19,20,21). The lowest BCUT2D eigenvalue weighted by molar-refractivity contribution is -0.115. The van der Waals surface area contributed by atoms with Crippen LogP contribution in [0.25, 0.3) is 10.2 Å². The highest BCUT2D eigenvalue weighted by Crippen LogP contribution is 2.42. The lowest BCUT2D eigenvalue weighted by Crippen LogP contribution is -2.14. The topological polar surface area (TPSA) is 94.6 Å². The number of nitrogens with zero attached hydrogens (tertiary/aromatic N) is 1. The molecule has 0 unspecified atom stereocenters. The van der Waals surface area contributed by atoms with Crippen LogP contribution >= 0.6 is 11.3 Å². The van der Waals surface area contributed by atoms with E-state index in [2.05, 4.69) is 10.3 Å². The van der Waals surface area contributed by atoms with Crippen molar-refractivity contribution < 1.29 is 22.7 Å². The molecule has 9 heteroatoms. The molecule has 0 spiro atoms. The van der Waals surface area contributed by atoms with Crippen molar-refractivity contribution in [2.24, 2.45) is 0 Å². The van der Waals surface area contributed by atoms with Crippen molar-refractivity contribution in [2.75, 3.05) is 17.9 Å². The van der Waals surface area contributed by atoms with Gasteiger partial charge in [0.1, 0.15) is 4.70 Å². The first-order valence-electron chi connectivity index (χ1n) is 8.27. The van der Waals surface area contributed by atoms with Gasteiger partial charge in [-0.1, -0.05) is 30.4 Å². The predicted octanol–water partition coefficient (Wildman–Crippen LogP) is 3.00. The summed E-state index contributed by atoms with van der Waals surface area (Å²) < 4.78 is 35.3. The number of benzene rings is 2. The SMILES string of the molecule is CCS(=O)(=O)c1ccc(CC(=O)Nc2nc3ccc4c(c3s2)OCO4)cc1. The van der Waals surface area contributed by atoms with Gasteiger partial charge in [0, 0.05) is 0 Å². The lowest BCUT2D eigenvalue weighted by atomic mass is 10.1. The molecule has 0 radical (unpaired) electrons. The number of sulfone groups is 1. The molecule has 0 fully saturated rings. The van der Waals surface area contributed by atoms with E-state index in [1.807, 2.05) is 6.07 Å². The summed E-state index contributed by atoms with van der Waals surface area (Å²) in [6, 6.07) is 9.97. The zero-order valence-corrected chi connectivity index (χ0v) is 16.0. The van der Waals surface area contributed by atoms with Crippen molar-refractivity contribution in [3.63, 3.8) is 0 Å². The highest BCUT2D eigenvalue weighted by molar-refractivity contribution is 7.91. The Morgan fingerprint density at radius 1 is 1.19 bits per heavy atom. The maximum Gasteiger partial charge on any atom is 0.231 e. The number of fused-ring (bicyclic) bond motifs is 3. The molecule has 7 nitrogen and oxygen atoms in total. The minimum Gasteiger partial charge on any atom is -0.454 e. The van der Waals surface area contributed by atoms with Crippen molar-refractivity contribution in [3.05, 3.63) is 42.0 Å². The van der Waals surface area contributed by atoms with Crippen LogP contribution in [0.2, 0.25) is 0 Å². The van der Waals surface area contributed by atoms with Crippen LogP contribution in [-0.4, -0.2) is 31.9 Å². The van der Waals surface area contributed by atoms with E-state index in [4.69, 9.17) is 9.47 Å². The first-order valence-corrected chi connectivity index (χ1v) is 10.7. The third kappa shape index (κ3) is 3.47. The van der Waals surface area contributed by atoms with Gasteiger partial charge in [-0.3, -0.25) is 4.79 Å². The van der Waals surface area contributed by atoms with Crippen LogP contribution in [0.1, 0.15) is 12.5 Å². The van der Waals surface area contributed by atoms with Gasteiger partial charge in [0.05, 0.1) is 22.6 Å². The summed E-state index contributed by atoms with van der Waals surface area (Å²) in [6.07, 6.45) is 0.125. The number of rotatable bonds is 5. The minimum atomic E-state index is -3.24. The van der Waals surface area contributed by atoms with E-state index in [1.54, 1.807) is 25.1 Å². The lowest BCUT2D eigenvalue weighted by Gasteiger charge is -2.04. The molecule has 2 heterocycles. The molecular formula is C18H16N2O5S2. The van der Waals surface area contributed by atoms with Gasteiger partial charge in [0.15, 0.2) is 26.5 Å². The van der Waals surface area contributed by atoms with Gasteiger partial charge in [-0.2, -0.15) is 0 Å². The maximum atomic E-state index is 12.3. The molecule has 4 rings (SSSR count). The van der Waals surface area contributed by atoms with Gasteiger partial charge in [0.2, 0.25) is 12.7 Å². The summed E-state index contributed by atoms with van der Waals surface area (Å²) in [6.45, 7) is 1.78. The summed E-state index contributed by atoms with van der Waals surface area (Å²) in [4.78, 5) is 17.0. The van der Waals surface area contributed by atoms with Gasteiger partial charge in [0.25, 0.3) is 0 Å². The van der Waals surface area contributed by atoms with Crippen molar-refractivity contribution in [1.29, 1.82) is 0 Å². The molecule has 0 saturated heterocycles. The highest BCUT2D eigenvalue weighted by atomic mass is 32.2. The number of hydrogen-bond acceptors (Lipinski definition) is 7. The number of carbonyl (C=O) groups is 1. The fourth-order valence-electron chi connectivity index (χ4n) is 2.74. The van der Waals surface area contributed by atoms with E-state index < -0.39 is 9.84 Å². The second kappa shape index (κ2) is 6.82. The molecular weight excluding hydrogens is 388 g/mol. The van der Waals surface area contributed by atoms with Gasteiger partial charge in [-0.05, 0) is 29.8 Å². The molecule has 1 aliphatic heterocycles. The smallest absolute Gasteiger partial charge is 0.231 e. The Kier molecular flexibility index (Phi) is 4.48. The van der Waals surface area contributed by atoms with Crippen molar-refractivity contribution in [3.8, 4) is 11.5 Å². The van der Waals surface area contributed by atoms with Gasteiger partial charge in [-0.25, -0.2) is 13.4 Å². The number of aromatic nitrogens is 1. The van der Waals surface area contributed by atoms with Crippen LogP contribution < -0.4 is 14.8 Å². The van der Waals surface area contributed by atoms with Crippen LogP contribution in [0, 0.1) is 0 Å². The van der Waals surface area contributed by atoms with E-state index in [0.717, 1.165) is 15.8 Å². The number of thiazole rings is 1. The van der Waals surface area contributed by atoms with E-state index in [1.165, 1.54) is 23.5 Å². The number of anilines is 1. The van der Waals surface area contributed by atoms with Crippen molar-refractivity contribution in [2.45, 2.75) is 18.2 Å². The first-order chi connectivity index (χ1) is 13.0. The molecule has 0 atom stereocenters. The molecule has 0 aliphatic carbocycles. The maximum absolute atomic E-state index is 12.3. The largest absolute Gasteiger partial charge is 0.454 e. The van der Waals surface area contributed by atoms with E-state index in [0.29, 0.717) is 16.6 Å². The Morgan fingerprint density at radius 2 is 1.96 bits per heavy atom. The molecule has 3 aromatic rings. The van der Waals surface area contributed by atoms with Gasteiger partial charge >= 0.3 is 0 Å². The minimum absolute atomic E-state index is 0.0445. The average Bonchev–Trinajstić information content (AvgIpc) is 3.27. The fourth-order valence-corrected chi connectivity index (χ4v) is 4.59. The van der Waals surface area contributed by atoms with Gasteiger partial charge < -0.3 is 14.8 Å². The second-order valence-corrected chi connectivity index (χ2v) is 9.22. The van der Waals surface area contributed by atoms with Crippen LogP contribution in [-0.2, 0) is 21.1 Å². The third-order valence-corrected chi connectivity index (χ3v) is 6.90.